The number of amides is 1. The van der Waals surface area contributed by atoms with Crippen LogP contribution in [0.15, 0.2) is 48.5 Å². The van der Waals surface area contributed by atoms with Crippen molar-refractivity contribution in [3.8, 4) is 5.75 Å². The highest BCUT2D eigenvalue weighted by Crippen LogP contribution is 2.21. The smallest absolute Gasteiger partial charge is 0.387 e. The van der Waals surface area contributed by atoms with Gasteiger partial charge in [-0.3, -0.25) is 9.69 Å². The van der Waals surface area contributed by atoms with Crippen molar-refractivity contribution in [1.29, 1.82) is 0 Å². The van der Waals surface area contributed by atoms with Gasteiger partial charge in [-0.15, -0.1) is 0 Å². The van der Waals surface area contributed by atoms with Crippen molar-refractivity contribution in [1.82, 2.24) is 10.2 Å². The van der Waals surface area contributed by atoms with E-state index in [9.17, 15) is 13.6 Å². The molecule has 1 fully saturated rings. The van der Waals surface area contributed by atoms with E-state index >= 15 is 0 Å². The third-order valence-corrected chi connectivity index (χ3v) is 4.79. The lowest BCUT2D eigenvalue weighted by atomic mass is 10.1. The molecule has 156 valence electrons. The van der Waals surface area contributed by atoms with Gasteiger partial charge >= 0.3 is 6.61 Å². The molecule has 0 saturated carbocycles. The maximum Gasteiger partial charge on any atom is 0.387 e. The van der Waals surface area contributed by atoms with Crippen LogP contribution in [-0.2, 0) is 17.8 Å². The molecule has 2 atom stereocenters. The summed E-state index contributed by atoms with van der Waals surface area (Å²) in [5, 5.41) is 2.82. The molecular formula is C22H26F2N2O3. The minimum Gasteiger partial charge on any atom is -0.434 e. The summed E-state index contributed by atoms with van der Waals surface area (Å²) in [5.41, 5.74) is 2.19. The maximum atomic E-state index is 12.6. The number of ether oxygens (including phenoxy) is 2. The summed E-state index contributed by atoms with van der Waals surface area (Å²) in [7, 11) is 0. The van der Waals surface area contributed by atoms with Crippen LogP contribution in [0.5, 0.6) is 5.75 Å². The third-order valence-electron chi connectivity index (χ3n) is 4.79. The number of alkyl halides is 2. The molecule has 5 nitrogen and oxygen atoms in total. The molecule has 0 bridgehead atoms. The van der Waals surface area contributed by atoms with Gasteiger partial charge in [0.25, 0.3) is 5.91 Å². The third kappa shape index (κ3) is 5.98. The number of carbonyl (C=O) groups excluding carboxylic acids is 1. The standard InChI is InChI=1S/C22H26F2N2O3/c1-15-12-26(13-16(2)28-15)14-18-8-4-3-7-17(18)11-25-21(27)19-9-5-6-10-20(19)29-22(23)24/h3-10,15-16,22H,11-14H2,1-2H3,(H,25,27)/t15-,16-/m1/s1. The fraction of sp³-hybridized carbons (Fsp3) is 0.409. The Labute approximate surface area is 169 Å². The molecule has 0 spiro atoms. The number of benzene rings is 2. The molecule has 2 aromatic carbocycles. The molecule has 3 rings (SSSR count). The zero-order valence-corrected chi connectivity index (χ0v) is 16.6. The topological polar surface area (TPSA) is 50.8 Å². The fourth-order valence-corrected chi connectivity index (χ4v) is 3.66. The van der Waals surface area contributed by atoms with Crippen LogP contribution in [-0.4, -0.2) is 42.7 Å². The van der Waals surface area contributed by atoms with E-state index < -0.39 is 12.5 Å². The lowest BCUT2D eigenvalue weighted by Crippen LogP contribution is -2.45. The molecule has 1 amide bonds. The van der Waals surface area contributed by atoms with Gasteiger partial charge in [0.15, 0.2) is 0 Å². The van der Waals surface area contributed by atoms with Gasteiger partial charge < -0.3 is 14.8 Å². The number of hydrogen-bond donors (Lipinski definition) is 1. The van der Waals surface area contributed by atoms with E-state index in [0.717, 1.165) is 30.8 Å². The first kappa shape index (κ1) is 21.2. The van der Waals surface area contributed by atoms with Gasteiger partial charge in [0.1, 0.15) is 5.75 Å². The second kappa shape index (κ2) is 9.80. The van der Waals surface area contributed by atoms with E-state index in [1.807, 2.05) is 24.3 Å². The average molecular weight is 404 g/mol. The van der Waals surface area contributed by atoms with Crippen LogP contribution < -0.4 is 10.1 Å². The van der Waals surface area contributed by atoms with Gasteiger partial charge in [-0.05, 0) is 37.1 Å². The number of para-hydroxylation sites is 1. The minimum atomic E-state index is -2.98. The Balaban J connectivity index is 1.66. The number of halogens is 2. The predicted octanol–water partition coefficient (Wildman–Crippen LogP) is 3.83. The van der Waals surface area contributed by atoms with Crippen molar-refractivity contribution in [3.63, 3.8) is 0 Å². The molecule has 0 aromatic heterocycles. The summed E-state index contributed by atoms with van der Waals surface area (Å²) in [5.74, 6) is -0.589. The molecule has 1 saturated heterocycles. The zero-order valence-electron chi connectivity index (χ0n) is 16.6. The van der Waals surface area contributed by atoms with Gasteiger partial charge in [-0.25, -0.2) is 0 Å². The number of carbonyl (C=O) groups is 1. The quantitative estimate of drug-likeness (QED) is 0.762. The van der Waals surface area contributed by atoms with Gasteiger partial charge in [-0.1, -0.05) is 36.4 Å². The van der Waals surface area contributed by atoms with Crippen molar-refractivity contribution < 1.29 is 23.0 Å². The van der Waals surface area contributed by atoms with Gasteiger partial charge in [0.2, 0.25) is 0 Å². The van der Waals surface area contributed by atoms with Crippen LogP contribution in [0.3, 0.4) is 0 Å². The molecule has 1 heterocycles. The van der Waals surface area contributed by atoms with Gasteiger partial charge in [0, 0.05) is 26.2 Å². The van der Waals surface area contributed by atoms with E-state index in [0.29, 0.717) is 6.54 Å². The fourth-order valence-electron chi connectivity index (χ4n) is 3.66. The largest absolute Gasteiger partial charge is 0.434 e. The molecule has 29 heavy (non-hydrogen) atoms. The zero-order chi connectivity index (χ0) is 20.8. The molecule has 0 radical (unpaired) electrons. The Morgan fingerprint density at radius 2 is 1.72 bits per heavy atom. The summed E-state index contributed by atoms with van der Waals surface area (Å²) in [6.07, 6.45) is 0.355. The SMILES string of the molecule is C[C@@H]1CN(Cc2ccccc2CNC(=O)c2ccccc2OC(F)F)C[C@@H](C)O1. The molecule has 7 heteroatoms. The molecule has 0 unspecified atom stereocenters. The van der Waals surface area contributed by atoms with Crippen LogP contribution in [0.4, 0.5) is 8.78 Å². The lowest BCUT2D eigenvalue weighted by molar-refractivity contribution is -0.0705. The van der Waals surface area contributed by atoms with Crippen molar-refractivity contribution in [2.45, 2.75) is 45.8 Å². The Kier molecular flexibility index (Phi) is 7.17. The summed E-state index contributed by atoms with van der Waals surface area (Å²) in [6, 6.07) is 13.9. The van der Waals surface area contributed by atoms with Crippen molar-refractivity contribution in [2.24, 2.45) is 0 Å². The molecule has 2 aromatic rings. The minimum absolute atomic E-state index is 0.0844. The van der Waals surface area contributed by atoms with Crippen molar-refractivity contribution >= 4 is 5.91 Å². The molecular weight excluding hydrogens is 378 g/mol. The van der Waals surface area contributed by atoms with E-state index in [2.05, 4.69) is 28.8 Å². The molecule has 1 aliphatic rings. The number of morpholine rings is 1. The first-order valence-corrected chi connectivity index (χ1v) is 9.69. The normalized spacial score (nSPS) is 19.9. The van der Waals surface area contributed by atoms with E-state index in [-0.39, 0.29) is 23.5 Å². The van der Waals surface area contributed by atoms with E-state index in [1.165, 1.54) is 12.1 Å². The van der Waals surface area contributed by atoms with Crippen LogP contribution >= 0.6 is 0 Å². The summed E-state index contributed by atoms with van der Waals surface area (Å²) in [6.45, 7) is 3.90. The van der Waals surface area contributed by atoms with Crippen LogP contribution in [0, 0.1) is 0 Å². The average Bonchev–Trinajstić information content (AvgIpc) is 2.66. The highest BCUT2D eigenvalue weighted by molar-refractivity contribution is 5.96. The molecule has 1 aliphatic heterocycles. The Hall–Kier alpha value is -2.51. The maximum absolute atomic E-state index is 12.6. The van der Waals surface area contributed by atoms with Crippen LogP contribution in [0.1, 0.15) is 35.3 Å². The first-order valence-electron chi connectivity index (χ1n) is 9.69. The van der Waals surface area contributed by atoms with Crippen molar-refractivity contribution in [3.05, 3.63) is 65.2 Å². The number of nitrogens with zero attached hydrogens (tertiary/aromatic N) is 1. The number of nitrogens with one attached hydrogen (secondary N) is 1. The van der Waals surface area contributed by atoms with E-state index in [4.69, 9.17) is 4.74 Å². The van der Waals surface area contributed by atoms with Crippen LogP contribution in [0.25, 0.3) is 0 Å². The summed E-state index contributed by atoms with van der Waals surface area (Å²) in [4.78, 5) is 14.9. The second-order valence-corrected chi connectivity index (χ2v) is 7.28. The summed E-state index contributed by atoms with van der Waals surface area (Å²) < 4.78 is 35.4. The second-order valence-electron chi connectivity index (χ2n) is 7.28. The molecule has 0 aliphatic carbocycles. The Morgan fingerprint density at radius 3 is 2.41 bits per heavy atom. The van der Waals surface area contributed by atoms with Gasteiger partial charge in [0.05, 0.1) is 17.8 Å². The van der Waals surface area contributed by atoms with Gasteiger partial charge in [-0.2, -0.15) is 8.78 Å². The first-order chi connectivity index (χ1) is 13.9. The van der Waals surface area contributed by atoms with E-state index in [1.54, 1.807) is 12.1 Å². The van der Waals surface area contributed by atoms with Crippen molar-refractivity contribution in [2.75, 3.05) is 13.1 Å². The highest BCUT2D eigenvalue weighted by atomic mass is 19.3. The summed E-state index contributed by atoms with van der Waals surface area (Å²) >= 11 is 0. The number of hydrogen-bond acceptors (Lipinski definition) is 4. The molecule has 1 N–H and O–H groups in total. The predicted molar refractivity (Wildman–Crippen MR) is 106 cm³/mol. The Morgan fingerprint density at radius 1 is 1.10 bits per heavy atom. The van der Waals surface area contributed by atoms with Crippen LogP contribution in [0.2, 0.25) is 0 Å². The Bertz CT molecular complexity index is 821. The lowest BCUT2D eigenvalue weighted by Gasteiger charge is -2.35. The number of rotatable bonds is 7. The highest BCUT2D eigenvalue weighted by Gasteiger charge is 2.23. The monoisotopic (exact) mass is 404 g/mol.